The largest absolute Gasteiger partial charge is 0.450 e. The summed E-state index contributed by atoms with van der Waals surface area (Å²) in [5.74, 6) is -1.04. The predicted octanol–water partition coefficient (Wildman–Crippen LogP) is 0.368. The van der Waals surface area contributed by atoms with Crippen molar-refractivity contribution in [3.05, 3.63) is 29.6 Å². The van der Waals surface area contributed by atoms with Gasteiger partial charge in [-0.25, -0.2) is 4.79 Å². The zero-order valence-electron chi connectivity index (χ0n) is 14.5. The van der Waals surface area contributed by atoms with Crippen molar-refractivity contribution >= 4 is 23.8 Å². The number of amides is 4. The van der Waals surface area contributed by atoms with Gasteiger partial charge >= 0.3 is 6.09 Å². The zero-order valence-corrected chi connectivity index (χ0v) is 14.5. The summed E-state index contributed by atoms with van der Waals surface area (Å²) in [5.41, 5.74) is 0.404. The number of pyridine rings is 1. The van der Waals surface area contributed by atoms with E-state index in [-0.39, 0.29) is 36.2 Å². The monoisotopic (exact) mass is 360 g/mol. The number of ether oxygens (including phenoxy) is 1. The van der Waals surface area contributed by atoms with Crippen LogP contribution < -0.4 is 0 Å². The minimum atomic E-state index is -0.467. The van der Waals surface area contributed by atoms with E-state index in [9.17, 15) is 19.2 Å². The molecule has 0 aliphatic carbocycles. The highest BCUT2D eigenvalue weighted by Gasteiger charge is 2.37. The molecule has 26 heavy (non-hydrogen) atoms. The van der Waals surface area contributed by atoms with Crippen LogP contribution in [0.2, 0.25) is 0 Å². The van der Waals surface area contributed by atoms with Crippen LogP contribution in [-0.4, -0.2) is 82.8 Å². The lowest BCUT2D eigenvalue weighted by atomic mass is 10.2. The molecule has 2 aliphatic heterocycles. The molecule has 0 saturated carbocycles. The van der Waals surface area contributed by atoms with Gasteiger partial charge in [0.2, 0.25) is 5.91 Å². The Kier molecular flexibility index (Phi) is 5.15. The van der Waals surface area contributed by atoms with Gasteiger partial charge in [-0.05, 0) is 19.1 Å². The first kappa shape index (κ1) is 17.8. The highest BCUT2D eigenvalue weighted by molar-refractivity contribution is 6.20. The molecule has 0 N–H and O–H groups in total. The topological polar surface area (TPSA) is 100 Å². The number of rotatable bonds is 4. The maximum atomic E-state index is 12.4. The summed E-state index contributed by atoms with van der Waals surface area (Å²) in [4.78, 5) is 56.7. The van der Waals surface area contributed by atoms with Crippen molar-refractivity contribution < 1.29 is 23.9 Å². The molecular weight excluding hydrogens is 340 g/mol. The first-order valence-corrected chi connectivity index (χ1v) is 8.53. The molecule has 0 aromatic carbocycles. The minimum Gasteiger partial charge on any atom is -0.450 e. The van der Waals surface area contributed by atoms with Crippen molar-refractivity contribution in [2.45, 2.75) is 13.3 Å². The number of fused-ring (bicyclic) bond motifs is 1. The van der Waals surface area contributed by atoms with Crippen molar-refractivity contribution in [1.82, 2.24) is 19.7 Å². The fourth-order valence-corrected chi connectivity index (χ4v) is 3.04. The third kappa shape index (κ3) is 3.37. The van der Waals surface area contributed by atoms with E-state index in [1.54, 1.807) is 28.9 Å². The lowest BCUT2D eigenvalue weighted by Crippen LogP contribution is -2.51. The Bertz CT molecular complexity index is 707. The number of carbonyl (C=O) groups excluding carboxylic acids is 4. The number of imide groups is 1. The van der Waals surface area contributed by atoms with Crippen molar-refractivity contribution in [2.24, 2.45) is 0 Å². The van der Waals surface area contributed by atoms with Gasteiger partial charge in [0, 0.05) is 45.3 Å². The number of piperazine rings is 1. The Balaban J connectivity index is 1.51. The van der Waals surface area contributed by atoms with E-state index in [1.165, 1.54) is 6.20 Å². The number of hydrogen-bond acceptors (Lipinski definition) is 6. The zero-order chi connectivity index (χ0) is 18.7. The summed E-state index contributed by atoms with van der Waals surface area (Å²) in [5, 5.41) is 0. The van der Waals surface area contributed by atoms with Crippen molar-refractivity contribution in [1.29, 1.82) is 0 Å². The van der Waals surface area contributed by atoms with Crippen LogP contribution in [0, 0.1) is 0 Å². The molecule has 0 atom stereocenters. The van der Waals surface area contributed by atoms with Crippen LogP contribution >= 0.6 is 0 Å². The third-order valence-corrected chi connectivity index (χ3v) is 4.44. The molecule has 0 radical (unpaired) electrons. The maximum absolute atomic E-state index is 12.4. The lowest BCUT2D eigenvalue weighted by Gasteiger charge is -2.34. The molecule has 4 amide bonds. The van der Waals surface area contributed by atoms with Crippen LogP contribution in [0.15, 0.2) is 18.3 Å². The summed E-state index contributed by atoms with van der Waals surface area (Å²) >= 11 is 0. The molecule has 3 heterocycles. The molecule has 9 heteroatoms. The van der Waals surface area contributed by atoms with Crippen molar-refractivity contribution in [3.63, 3.8) is 0 Å². The molecule has 3 rings (SSSR count). The molecule has 138 valence electrons. The van der Waals surface area contributed by atoms with Crippen LogP contribution in [-0.2, 0) is 9.53 Å². The Hall–Kier alpha value is -2.97. The Morgan fingerprint density at radius 1 is 1.12 bits per heavy atom. The molecule has 1 aromatic rings. The Labute approximate surface area is 150 Å². The summed E-state index contributed by atoms with van der Waals surface area (Å²) in [6.45, 7) is 3.69. The quantitative estimate of drug-likeness (QED) is 0.719. The molecule has 1 saturated heterocycles. The molecule has 0 bridgehead atoms. The van der Waals surface area contributed by atoms with Gasteiger partial charge in [-0.15, -0.1) is 0 Å². The summed E-state index contributed by atoms with van der Waals surface area (Å²) in [6.07, 6.45) is 1.13. The summed E-state index contributed by atoms with van der Waals surface area (Å²) in [6, 6.07) is 3.15. The minimum absolute atomic E-state index is 0.0188. The van der Waals surface area contributed by atoms with Crippen LogP contribution in [0.1, 0.15) is 34.2 Å². The predicted molar refractivity (Wildman–Crippen MR) is 89.4 cm³/mol. The fourth-order valence-electron chi connectivity index (χ4n) is 3.04. The van der Waals surface area contributed by atoms with Gasteiger partial charge in [0.05, 0.1) is 12.2 Å². The highest BCUT2D eigenvalue weighted by atomic mass is 16.6. The SMILES string of the molecule is CCOC(=O)N1CCN(C(=O)CCN2C(=O)c3cccnc3C2=O)CC1. The van der Waals surface area contributed by atoms with Crippen LogP contribution in [0.3, 0.4) is 0 Å². The van der Waals surface area contributed by atoms with Gasteiger partial charge in [0.25, 0.3) is 11.8 Å². The molecule has 0 spiro atoms. The number of nitrogens with zero attached hydrogens (tertiary/aromatic N) is 4. The highest BCUT2D eigenvalue weighted by Crippen LogP contribution is 2.20. The summed E-state index contributed by atoms with van der Waals surface area (Å²) in [7, 11) is 0. The molecule has 1 fully saturated rings. The molecule has 9 nitrogen and oxygen atoms in total. The van der Waals surface area contributed by atoms with Gasteiger partial charge in [-0.2, -0.15) is 0 Å². The van der Waals surface area contributed by atoms with Gasteiger partial charge in [0.1, 0.15) is 5.69 Å². The lowest BCUT2D eigenvalue weighted by molar-refractivity contribution is -0.132. The third-order valence-electron chi connectivity index (χ3n) is 4.44. The fraction of sp³-hybridized carbons (Fsp3) is 0.471. The maximum Gasteiger partial charge on any atom is 0.409 e. The number of hydrogen-bond donors (Lipinski definition) is 0. The van der Waals surface area contributed by atoms with Crippen molar-refractivity contribution in [2.75, 3.05) is 39.3 Å². The van der Waals surface area contributed by atoms with E-state index < -0.39 is 11.8 Å². The van der Waals surface area contributed by atoms with E-state index in [0.717, 1.165) is 4.90 Å². The normalized spacial score (nSPS) is 16.7. The smallest absolute Gasteiger partial charge is 0.409 e. The number of aromatic nitrogens is 1. The van der Waals surface area contributed by atoms with E-state index >= 15 is 0 Å². The standard InChI is InChI=1S/C17H20N4O5/c1-2-26-17(25)20-10-8-19(9-11-20)13(22)5-7-21-15(23)12-4-3-6-18-14(12)16(21)24/h3-4,6H,2,5,7-11H2,1H3. The molecule has 1 aromatic heterocycles. The molecule has 0 unspecified atom stereocenters. The van der Waals surface area contributed by atoms with Gasteiger partial charge in [-0.3, -0.25) is 24.3 Å². The van der Waals surface area contributed by atoms with Crippen LogP contribution in [0.5, 0.6) is 0 Å². The molecule has 2 aliphatic rings. The Morgan fingerprint density at radius 3 is 2.46 bits per heavy atom. The van der Waals surface area contributed by atoms with E-state index in [1.807, 2.05) is 0 Å². The Morgan fingerprint density at radius 2 is 1.81 bits per heavy atom. The van der Waals surface area contributed by atoms with Gasteiger partial charge in [-0.1, -0.05) is 0 Å². The van der Waals surface area contributed by atoms with Gasteiger partial charge in [0.15, 0.2) is 0 Å². The van der Waals surface area contributed by atoms with Crippen LogP contribution in [0.25, 0.3) is 0 Å². The second-order valence-electron chi connectivity index (χ2n) is 5.98. The van der Waals surface area contributed by atoms with E-state index in [2.05, 4.69) is 4.98 Å². The van der Waals surface area contributed by atoms with E-state index in [4.69, 9.17) is 4.74 Å². The second-order valence-corrected chi connectivity index (χ2v) is 5.98. The first-order valence-electron chi connectivity index (χ1n) is 8.53. The number of carbonyl (C=O) groups is 4. The first-order chi connectivity index (χ1) is 12.5. The van der Waals surface area contributed by atoms with E-state index in [0.29, 0.717) is 32.8 Å². The second kappa shape index (κ2) is 7.51. The average molecular weight is 360 g/mol. The van der Waals surface area contributed by atoms with Gasteiger partial charge < -0.3 is 14.5 Å². The average Bonchev–Trinajstić information content (AvgIpc) is 2.91. The van der Waals surface area contributed by atoms with Crippen molar-refractivity contribution in [3.8, 4) is 0 Å². The van der Waals surface area contributed by atoms with Crippen LogP contribution in [0.4, 0.5) is 4.79 Å². The summed E-state index contributed by atoms with van der Waals surface area (Å²) < 4.78 is 4.94. The molecular formula is C17H20N4O5.